The first-order valence-electron chi connectivity index (χ1n) is 15.2. The molecule has 0 amide bonds. The Kier molecular flexibility index (Phi) is 30.0. The molecule has 0 spiro atoms. The van der Waals surface area contributed by atoms with Crippen LogP contribution in [0.15, 0.2) is 24.8 Å². The van der Waals surface area contributed by atoms with Crippen LogP contribution in [0.2, 0.25) is 0 Å². The fourth-order valence-corrected chi connectivity index (χ4v) is 4.66. The van der Waals surface area contributed by atoms with E-state index in [2.05, 4.69) is 31.7 Å². The Morgan fingerprint density at radius 1 is 0.344 bits per heavy atom. The Balaban J connectivity index is 3.07. The Bertz CT molecular complexity index is 353. The van der Waals surface area contributed by atoms with Crippen LogP contribution in [0.25, 0.3) is 0 Å². The first kappa shape index (κ1) is 31.5. The third-order valence-electron chi connectivity index (χ3n) is 6.92. The van der Waals surface area contributed by atoms with E-state index in [-0.39, 0.29) is 0 Å². The summed E-state index contributed by atoms with van der Waals surface area (Å²) in [6.45, 7) is 6.09. The first-order chi connectivity index (χ1) is 15.9. The van der Waals surface area contributed by atoms with E-state index in [1.54, 1.807) is 0 Å². The largest absolute Gasteiger partial charge is 0.103 e. The summed E-state index contributed by atoms with van der Waals surface area (Å²) in [5.41, 5.74) is 0. The second-order valence-electron chi connectivity index (χ2n) is 10.3. The average Bonchev–Trinajstić information content (AvgIpc) is 2.81. The van der Waals surface area contributed by atoms with Gasteiger partial charge < -0.3 is 0 Å². The summed E-state index contributed by atoms with van der Waals surface area (Å²) in [7, 11) is 0. The van der Waals surface area contributed by atoms with Crippen molar-refractivity contribution in [2.24, 2.45) is 0 Å². The van der Waals surface area contributed by atoms with Crippen molar-refractivity contribution in [2.75, 3.05) is 0 Å². The van der Waals surface area contributed by atoms with Gasteiger partial charge in [-0.3, -0.25) is 0 Å². The van der Waals surface area contributed by atoms with Crippen molar-refractivity contribution in [3.63, 3.8) is 0 Å². The van der Waals surface area contributed by atoms with E-state index < -0.39 is 0 Å². The molecular formula is C32H62. The second kappa shape index (κ2) is 30.5. The van der Waals surface area contributed by atoms with E-state index in [1.807, 2.05) is 0 Å². The molecule has 0 atom stereocenters. The number of rotatable bonds is 28. The van der Waals surface area contributed by atoms with Crippen LogP contribution in [0.3, 0.4) is 0 Å². The van der Waals surface area contributed by atoms with Crippen molar-refractivity contribution in [3.05, 3.63) is 24.8 Å². The number of hydrogen-bond donors (Lipinski definition) is 0. The summed E-state index contributed by atoms with van der Waals surface area (Å²) < 4.78 is 0. The highest BCUT2D eigenvalue weighted by molar-refractivity contribution is 4.81. The summed E-state index contributed by atoms with van der Waals surface area (Å²) in [6.07, 6.45) is 45.4. The van der Waals surface area contributed by atoms with Crippen LogP contribution in [-0.2, 0) is 0 Å². The Hall–Kier alpha value is -0.520. The minimum absolute atomic E-state index is 1.20. The van der Waals surface area contributed by atoms with Crippen molar-refractivity contribution in [1.82, 2.24) is 0 Å². The maximum atomic E-state index is 3.79. The highest BCUT2D eigenvalue weighted by Crippen LogP contribution is 2.14. The van der Waals surface area contributed by atoms with E-state index in [1.165, 1.54) is 173 Å². The number of hydrogen-bond acceptors (Lipinski definition) is 0. The Morgan fingerprint density at radius 3 is 0.875 bits per heavy atom. The zero-order valence-corrected chi connectivity index (χ0v) is 22.5. The predicted octanol–water partition coefficient (Wildman–Crippen LogP) is 12.3. The number of unbranched alkanes of at least 4 members (excludes halogenated alkanes) is 25. The third kappa shape index (κ3) is 29.5. The van der Waals surface area contributed by atoms with Crippen LogP contribution < -0.4 is 0 Å². The van der Waals surface area contributed by atoms with Gasteiger partial charge in [-0.05, 0) is 38.5 Å². The van der Waals surface area contributed by atoms with Crippen molar-refractivity contribution < 1.29 is 0 Å². The molecule has 0 heteroatoms. The maximum absolute atomic E-state index is 3.79. The SMILES string of the molecule is C=CCCCCCCCCCCCCC=CCCCCCCCCCCCCCCCC. The lowest BCUT2D eigenvalue weighted by Crippen LogP contribution is -1.83. The number of allylic oxidation sites excluding steroid dienone is 3. The van der Waals surface area contributed by atoms with E-state index >= 15 is 0 Å². The molecule has 0 aromatic heterocycles. The quantitative estimate of drug-likeness (QED) is 0.0827. The van der Waals surface area contributed by atoms with Gasteiger partial charge in [-0.25, -0.2) is 0 Å². The van der Waals surface area contributed by atoms with Gasteiger partial charge in [0.15, 0.2) is 0 Å². The molecule has 0 N–H and O–H groups in total. The van der Waals surface area contributed by atoms with Crippen molar-refractivity contribution in [2.45, 2.75) is 180 Å². The highest BCUT2D eigenvalue weighted by Gasteiger charge is 1.95. The molecule has 0 saturated carbocycles. The van der Waals surface area contributed by atoms with Gasteiger partial charge in [0.25, 0.3) is 0 Å². The molecule has 0 aliphatic heterocycles. The van der Waals surface area contributed by atoms with Gasteiger partial charge >= 0.3 is 0 Å². The molecule has 0 heterocycles. The molecule has 0 saturated heterocycles. The lowest BCUT2D eigenvalue weighted by molar-refractivity contribution is 0.536. The molecule has 190 valence electrons. The summed E-state index contributed by atoms with van der Waals surface area (Å²) >= 11 is 0. The van der Waals surface area contributed by atoms with E-state index in [9.17, 15) is 0 Å². The zero-order valence-electron chi connectivity index (χ0n) is 22.5. The van der Waals surface area contributed by atoms with Crippen LogP contribution in [0.5, 0.6) is 0 Å². The predicted molar refractivity (Wildman–Crippen MR) is 150 cm³/mol. The monoisotopic (exact) mass is 446 g/mol. The van der Waals surface area contributed by atoms with E-state index in [4.69, 9.17) is 0 Å². The molecular weight excluding hydrogens is 384 g/mol. The first-order valence-corrected chi connectivity index (χ1v) is 15.2. The average molecular weight is 447 g/mol. The van der Waals surface area contributed by atoms with Crippen LogP contribution in [0.4, 0.5) is 0 Å². The maximum Gasteiger partial charge on any atom is -0.0351 e. The fraction of sp³-hybridized carbons (Fsp3) is 0.875. The van der Waals surface area contributed by atoms with Crippen molar-refractivity contribution in [3.8, 4) is 0 Å². The molecule has 0 aliphatic carbocycles. The van der Waals surface area contributed by atoms with Crippen LogP contribution >= 0.6 is 0 Å². The van der Waals surface area contributed by atoms with Crippen molar-refractivity contribution in [1.29, 1.82) is 0 Å². The summed E-state index contributed by atoms with van der Waals surface area (Å²) in [4.78, 5) is 0. The summed E-state index contributed by atoms with van der Waals surface area (Å²) in [5.74, 6) is 0. The van der Waals surface area contributed by atoms with Gasteiger partial charge in [-0.1, -0.05) is 160 Å². The third-order valence-corrected chi connectivity index (χ3v) is 6.92. The fourth-order valence-electron chi connectivity index (χ4n) is 4.66. The smallest absolute Gasteiger partial charge is 0.0351 e. The summed E-state index contributed by atoms with van der Waals surface area (Å²) in [6, 6.07) is 0. The molecule has 0 aromatic carbocycles. The van der Waals surface area contributed by atoms with Gasteiger partial charge in [0.05, 0.1) is 0 Å². The van der Waals surface area contributed by atoms with Gasteiger partial charge in [0.1, 0.15) is 0 Å². The molecule has 32 heavy (non-hydrogen) atoms. The lowest BCUT2D eigenvalue weighted by Gasteiger charge is -2.03. The Labute approximate surface area is 205 Å². The van der Waals surface area contributed by atoms with Gasteiger partial charge in [0.2, 0.25) is 0 Å². The normalized spacial score (nSPS) is 11.5. The van der Waals surface area contributed by atoms with E-state index in [0.717, 1.165) is 0 Å². The van der Waals surface area contributed by atoms with Gasteiger partial charge in [-0.15, -0.1) is 6.58 Å². The van der Waals surface area contributed by atoms with Gasteiger partial charge in [0, 0.05) is 0 Å². The Morgan fingerprint density at radius 2 is 0.594 bits per heavy atom. The molecule has 0 radical (unpaired) electrons. The van der Waals surface area contributed by atoms with Crippen molar-refractivity contribution >= 4 is 0 Å². The van der Waals surface area contributed by atoms with Crippen LogP contribution in [0, 0.1) is 0 Å². The molecule has 0 nitrogen and oxygen atoms in total. The van der Waals surface area contributed by atoms with Crippen LogP contribution in [-0.4, -0.2) is 0 Å². The second-order valence-corrected chi connectivity index (χ2v) is 10.3. The molecule has 0 aliphatic rings. The summed E-state index contributed by atoms with van der Waals surface area (Å²) in [5, 5.41) is 0. The molecule has 0 unspecified atom stereocenters. The standard InChI is InChI=1S/C32H62/c1-3-5-7-9-11-13-15-17-19-21-23-25-27-29-31-32-30-28-26-24-22-20-18-16-14-12-10-8-6-4-2/h3,29,31H,1,4-28,30,32H2,2H3. The molecule has 0 bridgehead atoms. The minimum Gasteiger partial charge on any atom is -0.103 e. The molecule has 0 aromatic rings. The van der Waals surface area contributed by atoms with Gasteiger partial charge in [-0.2, -0.15) is 0 Å². The highest BCUT2D eigenvalue weighted by atomic mass is 14.0. The van der Waals surface area contributed by atoms with Crippen LogP contribution in [0.1, 0.15) is 180 Å². The van der Waals surface area contributed by atoms with E-state index in [0.29, 0.717) is 0 Å². The minimum atomic E-state index is 1.20. The molecule has 0 fully saturated rings. The topological polar surface area (TPSA) is 0 Å². The lowest BCUT2D eigenvalue weighted by atomic mass is 10.0. The zero-order chi connectivity index (χ0) is 23.2. The molecule has 0 rings (SSSR count).